The van der Waals surface area contributed by atoms with Crippen molar-refractivity contribution in [2.45, 2.75) is 25.8 Å². The zero-order valence-corrected chi connectivity index (χ0v) is 10.1. The van der Waals surface area contributed by atoms with Crippen LogP contribution in [0.3, 0.4) is 0 Å². The van der Waals surface area contributed by atoms with Crippen LogP contribution in [0.5, 0.6) is 0 Å². The van der Waals surface area contributed by atoms with E-state index in [1.807, 2.05) is 18.2 Å². The fourth-order valence-electron chi connectivity index (χ4n) is 1.47. The second kappa shape index (κ2) is 7.63. The first-order valence-corrected chi connectivity index (χ1v) is 5.87. The summed E-state index contributed by atoms with van der Waals surface area (Å²) in [6.45, 7) is 2.17. The molecule has 0 saturated heterocycles. The van der Waals surface area contributed by atoms with E-state index in [2.05, 4.69) is 12.1 Å². The Balaban J connectivity index is 2.30. The first-order chi connectivity index (χ1) is 8.22. The van der Waals surface area contributed by atoms with E-state index in [0.29, 0.717) is 6.61 Å². The van der Waals surface area contributed by atoms with Crippen molar-refractivity contribution < 1.29 is 9.53 Å². The minimum Gasteiger partial charge on any atom is -0.463 e. The lowest BCUT2D eigenvalue weighted by molar-refractivity contribution is -0.137. The zero-order valence-electron chi connectivity index (χ0n) is 10.1. The Kier molecular flexibility index (Phi) is 6.04. The van der Waals surface area contributed by atoms with Gasteiger partial charge in [-0.05, 0) is 25.3 Å². The Morgan fingerprint density at radius 2 is 2.12 bits per heavy atom. The van der Waals surface area contributed by atoms with E-state index in [1.165, 1.54) is 11.6 Å². The summed E-state index contributed by atoms with van der Waals surface area (Å²) in [5.74, 6) is -0.331. The number of hydrogen-bond donors (Lipinski definition) is 1. The molecule has 1 rings (SSSR count). The maximum Gasteiger partial charge on any atom is 0.330 e. The van der Waals surface area contributed by atoms with Gasteiger partial charge in [-0.1, -0.05) is 36.4 Å². The van der Waals surface area contributed by atoms with Crippen LogP contribution in [0, 0.1) is 0 Å². The predicted molar refractivity (Wildman–Crippen MR) is 68.5 cm³/mol. The van der Waals surface area contributed by atoms with Crippen LogP contribution in [0.2, 0.25) is 0 Å². The number of nitrogens with two attached hydrogens (primary N) is 1. The predicted octanol–water partition coefficient (Wildman–Crippen LogP) is 2.07. The Bertz CT molecular complexity index is 360. The van der Waals surface area contributed by atoms with Crippen molar-refractivity contribution in [2.24, 2.45) is 5.73 Å². The van der Waals surface area contributed by atoms with Crippen LogP contribution in [0.1, 0.15) is 18.9 Å². The lowest BCUT2D eigenvalue weighted by Crippen LogP contribution is -2.18. The average molecular weight is 233 g/mol. The summed E-state index contributed by atoms with van der Waals surface area (Å²) in [4.78, 5) is 11.1. The molecule has 0 amide bonds. The summed E-state index contributed by atoms with van der Waals surface area (Å²) in [6.07, 6.45) is 4.83. The fraction of sp³-hybridized carbons (Fsp3) is 0.357. The molecular weight excluding hydrogens is 214 g/mol. The molecule has 92 valence electrons. The number of ether oxygens (including phenoxy) is 1. The van der Waals surface area contributed by atoms with Crippen LogP contribution in [-0.4, -0.2) is 18.6 Å². The smallest absolute Gasteiger partial charge is 0.330 e. The number of aryl methyl sites for hydroxylation is 1. The Hall–Kier alpha value is -1.61. The Morgan fingerprint density at radius 1 is 1.41 bits per heavy atom. The normalized spacial score (nSPS) is 12.6. The topological polar surface area (TPSA) is 52.3 Å². The van der Waals surface area contributed by atoms with Gasteiger partial charge in [-0.2, -0.15) is 0 Å². The van der Waals surface area contributed by atoms with Gasteiger partial charge < -0.3 is 10.5 Å². The molecule has 0 aliphatic carbocycles. The Morgan fingerprint density at radius 3 is 2.76 bits per heavy atom. The summed E-state index contributed by atoms with van der Waals surface area (Å²) in [7, 11) is 0. The number of benzene rings is 1. The molecule has 17 heavy (non-hydrogen) atoms. The number of carbonyl (C=O) groups is 1. The third kappa shape index (κ3) is 5.88. The van der Waals surface area contributed by atoms with Crippen LogP contribution < -0.4 is 5.73 Å². The molecule has 3 nitrogen and oxygen atoms in total. The summed E-state index contributed by atoms with van der Waals surface area (Å²) >= 11 is 0. The van der Waals surface area contributed by atoms with Crippen molar-refractivity contribution >= 4 is 5.97 Å². The van der Waals surface area contributed by atoms with Crippen LogP contribution in [-0.2, 0) is 16.0 Å². The summed E-state index contributed by atoms with van der Waals surface area (Å²) < 4.78 is 4.77. The summed E-state index contributed by atoms with van der Waals surface area (Å²) in [5.41, 5.74) is 7.13. The van der Waals surface area contributed by atoms with Gasteiger partial charge >= 0.3 is 5.97 Å². The van der Waals surface area contributed by atoms with E-state index in [4.69, 9.17) is 10.5 Å². The van der Waals surface area contributed by atoms with E-state index in [-0.39, 0.29) is 12.0 Å². The number of rotatable bonds is 6. The molecule has 0 bridgehead atoms. The van der Waals surface area contributed by atoms with Gasteiger partial charge in [-0.3, -0.25) is 0 Å². The molecule has 1 aromatic carbocycles. The van der Waals surface area contributed by atoms with Crippen molar-refractivity contribution in [1.82, 2.24) is 0 Å². The number of hydrogen-bond acceptors (Lipinski definition) is 3. The molecule has 0 aromatic heterocycles. The van der Waals surface area contributed by atoms with Crippen molar-refractivity contribution in [3.8, 4) is 0 Å². The van der Waals surface area contributed by atoms with E-state index < -0.39 is 0 Å². The molecule has 0 aliphatic rings. The van der Waals surface area contributed by atoms with E-state index in [1.54, 1.807) is 13.0 Å². The second-order valence-electron chi connectivity index (χ2n) is 3.80. The SMILES string of the molecule is CCOC(=O)/C=C/[C@@H](N)CCc1ccccc1. The minimum atomic E-state index is -0.331. The average Bonchev–Trinajstić information content (AvgIpc) is 2.35. The van der Waals surface area contributed by atoms with Crippen LogP contribution >= 0.6 is 0 Å². The van der Waals surface area contributed by atoms with E-state index in [9.17, 15) is 4.79 Å². The van der Waals surface area contributed by atoms with Gasteiger partial charge in [0.2, 0.25) is 0 Å². The highest BCUT2D eigenvalue weighted by Crippen LogP contribution is 2.04. The van der Waals surface area contributed by atoms with Gasteiger partial charge in [-0.15, -0.1) is 0 Å². The lowest BCUT2D eigenvalue weighted by atomic mass is 10.1. The highest BCUT2D eigenvalue weighted by molar-refractivity contribution is 5.81. The van der Waals surface area contributed by atoms with Gasteiger partial charge in [0.25, 0.3) is 0 Å². The van der Waals surface area contributed by atoms with Crippen LogP contribution in [0.15, 0.2) is 42.5 Å². The number of carbonyl (C=O) groups excluding carboxylic acids is 1. The largest absolute Gasteiger partial charge is 0.463 e. The second-order valence-corrected chi connectivity index (χ2v) is 3.80. The summed E-state index contributed by atoms with van der Waals surface area (Å²) in [5, 5.41) is 0. The molecule has 0 aliphatic heterocycles. The maximum absolute atomic E-state index is 11.1. The molecule has 2 N–H and O–H groups in total. The van der Waals surface area contributed by atoms with Crippen molar-refractivity contribution in [1.29, 1.82) is 0 Å². The monoisotopic (exact) mass is 233 g/mol. The quantitative estimate of drug-likeness (QED) is 0.604. The van der Waals surface area contributed by atoms with Crippen molar-refractivity contribution in [2.75, 3.05) is 6.61 Å². The highest BCUT2D eigenvalue weighted by atomic mass is 16.5. The third-order valence-electron chi connectivity index (χ3n) is 2.38. The Labute approximate surface area is 102 Å². The number of esters is 1. The van der Waals surface area contributed by atoms with Gasteiger partial charge in [0.15, 0.2) is 0 Å². The fourth-order valence-corrected chi connectivity index (χ4v) is 1.47. The molecule has 0 unspecified atom stereocenters. The molecule has 0 fully saturated rings. The molecule has 0 heterocycles. The van der Waals surface area contributed by atoms with Crippen molar-refractivity contribution in [3.05, 3.63) is 48.0 Å². The van der Waals surface area contributed by atoms with E-state index in [0.717, 1.165) is 12.8 Å². The molecule has 0 saturated carbocycles. The first-order valence-electron chi connectivity index (χ1n) is 5.87. The molecule has 0 radical (unpaired) electrons. The first kappa shape index (κ1) is 13.5. The van der Waals surface area contributed by atoms with E-state index >= 15 is 0 Å². The lowest BCUT2D eigenvalue weighted by Gasteiger charge is -2.06. The molecule has 1 aromatic rings. The minimum absolute atomic E-state index is 0.111. The van der Waals surface area contributed by atoms with Crippen LogP contribution in [0.4, 0.5) is 0 Å². The van der Waals surface area contributed by atoms with Crippen molar-refractivity contribution in [3.63, 3.8) is 0 Å². The molecule has 1 atom stereocenters. The molecular formula is C14H19NO2. The van der Waals surface area contributed by atoms with Gasteiger partial charge in [0.1, 0.15) is 0 Å². The third-order valence-corrected chi connectivity index (χ3v) is 2.38. The van der Waals surface area contributed by atoms with Gasteiger partial charge in [0.05, 0.1) is 6.61 Å². The summed E-state index contributed by atoms with van der Waals surface area (Å²) in [6, 6.07) is 10.0. The van der Waals surface area contributed by atoms with Gasteiger partial charge in [0, 0.05) is 12.1 Å². The zero-order chi connectivity index (χ0) is 12.5. The van der Waals surface area contributed by atoms with Crippen LogP contribution in [0.25, 0.3) is 0 Å². The maximum atomic E-state index is 11.1. The molecule has 0 spiro atoms. The highest BCUT2D eigenvalue weighted by Gasteiger charge is 2.00. The molecule has 3 heteroatoms. The standard InChI is InChI=1S/C14H19NO2/c1-2-17-14(16)11-10-13(15)9-8-12-6-4-3-5-7-12/h3-7,10-11,13H,2,8-9,15H2,1H3/b11-10+/t13-/m0/s1. The van der Waals surface area contributed by atoms with Gasteiger partial charge in [-0.25, -0.2) is 4.79 Å².